The summed E-state index contributed by atoms with van der Waals surface area (Å²) in [4.78, 5) is 38.9. The average Bonchev–Trinajstić information content (AvgIpc) is 3.09. The lowest BCUT2D eigenvalue weighted by atomic mass is 9.59. The number of benzene rings is 1. The van der Waals surface area contributed by atoms with Gasteiger partial charge in [0.2, 0.25) is 5.60 Å². The maximum atomic E-state index is 13.7. The maximum Gasteiger partial charge on any atom is 0.331 e. The normalized spacial score (nSPS) is 36.1. The summed E-state index contributed by atoms with van der Waals surface area (Å²) in [6, 6.07) is 9.53. The third-order valence-electron chi connectivity index (χ3n) is 7.91. The minimum absolute atomic E-state index is 0.143. The minimum Gasteiger partial charge on any atom is -0.445 e. The fraction of sp³-hybridized carbons (Fsp3) is 0.483. The molecule has 0 aromatic heterocycles. The Labute approximate surface area is 207 Å². The number of carbonyl (C=O) groups is 3. The Morgan fingerprint density at radius 1 is 1.14 bits per heavy atom. The Bertz CT molecular complexity index is 1040. The number of amides is 1. The van der Waals surface area contributed by atoms with Gasteiger partial charge >= 0.3 is 5.97 Å². The van der Waals surface area contributed by atoms with Gasteiger partial charge in [0.05, 0.1) is 12.0 Å². The molecule has 2 N–H and O–H groups in total. The van der Waals surface area contributed by atoms with Crippen LogP contribution in [0, 0.1) is 23.7 Å². The van der Waals surface area contributed by atoms with Gasteiger partial charge in [0.25, 0.3) is 5.91 Å². The second-order valence-electron chi connectivity index (χ2n) is 10.3. The Hall–Kier alpha value is -2.99. The zero-order chi connectivity index (χ0) is 25.2. The summed E-state index contributed by atoms with van der Waals surface area (Å²) < 4.78 is 6.01. The number of carbonyl (C=O) groups excluding carboxylic acids is 3. The van der Waals surface area contributed by atoms with Gasteiger partial charge in [-0.1, -0.05) is 62.9 Å². The quantitative estimate of drug-likeness (QED) is 0.501. The molecule has 1 saturated carbocycles. The van der Waals surface area contributed by atoms with Crippen molar-refractivity contribution in [1.29, 1.82) is 0 Å². The van der Waals surface area contributed by atoms with E-state index in [0.717, 1.165) is 30.9 Å². The molecule has 7 atom stereocenters. The van der Waals surface area contributed by atoms with Gasteiger partial charge in [0.15, 0.2) is 5.78 Å². The highest BCUT2D eigenvalue weighted by Crippen LogP contribution is 2.52. The topological polar surface area (TPSA) is 92.7 Å². The molecule has 6 heteroatoms. The van der Waals surface area contributed by atoms with E-state index in [1.807, 2.05) is 49.4 Å². The van der Waals surface area contributed by atoms with Crippen LogP contribution in [-0.4, -0.2) is 40.5 Å². The molecule has 1 aromatic rings. The number of allylic oxidation sites excluding steroid dienone is 2. The molecule has 0 bridgehead atoms. The smallest absolute Gasteiger partial charge is 0.331 e. The number of hydrogen-bond donors (Lipinski definition) is 2. The fourth-order valence-corrected chi connectivity index (χ4v) is 6.00. The van der Waals surface area contributed by atoms with E-state index in [1.165, 1.54) is 6.08 Å². The van der Waals surface area contributed by atoms with Crippen molar-refractivity contribution in [2.24, 2.45) is 23.7 Å². The van der Waals surface area contributed by atoms with Gasteiger partial charge in [-0.05, 0) is 54.7 Å². The first-order valence-electron chi connectivity index (χ1n) is 12.6. The van der Waals surface area contributed by atoms with Crippen molar-refractivity contribution in [2.45, 2.75) is 63.7 Å². The Kier molecular flexibility index (Phi) is 7.41. The van der Waals surface area contributed by atoms with Crippen molar-refractivity contribution in [3.63, 3.8) is 0 Å². The summed E-state index contributed by atoms with van der Waals surface area (Å²) in [6.45, 7) is 8.21. The molecule has 6 nitrogen and oxygen atoms in total. The van der Waals surface area contributed by atoms with Crippen molar-refractivity contribution in [2.75, 3.05) is 0 Å². The molecule has 2 aliphatic heterocycles. The molecule has 6 unspecified atom stereocenters. The van der Waals surface area contributed by atoms with Crippen LogP contribution in [0.3, 0.4) is 0 Å². The molecule has 35 heavy (non-hydrogen) atoms. The molecular formula is C29H35NO5. The second-order valence-corrected chi connectivity index (χ2v) is 10.3. The SMILES string of the molecule is C=C1C(C)C2C(Cc3ccccc3)NC(=O)[C@]23OC(=O)C=CC(=O)CCCC(C)CC=CC3C1O. The van der Waals surface area contributed by atoms with Crippen LogP contribution in [0.2, 0.25) is 0 Å². The fourth-order valence-electron chi connectivity index (χ4n) is 6.00. The number of ether oxygens (including phenoxy) is 1. The molecule has 1 amide bonds. The van der Waals surface area contributed by atoms with Crippen LogP contribution in [0.25, 0.3) is 0 Å². The van der Waals surface area contributed by atoms with Crippen molar-refractivity contribution in [3.8, 4) is 0 Å². The van der Waals surface area contributed by atoms with Gasteiger partial charge in [-0.15, -0.1) is 0 Å². The minimum atomic E-state index is -1.60. The van der Waals surface area contributed by atoms with Gasteiger partial charge in [-0.2, -0.15) is 0 Å². The maximum absolute atomic E-state index is 13.7. The molecule has 0 radical (unpaired) electrons. The van der Waals surface area contributed by atoms with E-state index in [-0.39, 0.29) is 17.7 Å². The Morgan fingerprint density at radius 2 is 1.89 bits per heavy atom. The van der Waals surface area contributed by atoms with Crippen LogP contribution in [0.1, 0.15) is 45.1 Å². The lowest BCUT2D eigenvalue weighted by Gasteiger charge is -2.49. The first kappa shape index (κ1) is 25.1. The van der Waals surface area contributed by atoms with Gasteiger partial charge in [-0.25, -0.2) is 4.79 Å². The predicted molar refractivity (Wildman–Crippen MR) is 133 cm³/mol. The standard InChI is InChI=1S/C29H35NO5/c1-18-9-7-13-22(31)15-16-25(32)35-29-23(14-8-10-18)27(33)20(3)19(2)26(29)24(30-28(29)34)17-21-11-5-4-6-12-21/h4-6,8,11-12,14-16,18-19,23-24,26-27,33H,3,7,9-10,13,17H2,1-2H3,(H,30,34)/t18?,19?,23?,24?,26?,27?,29-/m1/s1. The lowest BCUT2D eigenvalue weighted by molar-refractivity contribution is -0.182. The first-order valence-corrected chi connectivity index (χ1v) is 12.6. The highest BCUT2D eigenvalue weighted by molar-refractivity contribution is 5.98. The summed E-state index contributed by atoms with van der Waals surface area (Å²) in [7, 11) is 0. The van der Waals surface area contributed by atoms with Crippen LogP contribution in [-0.2, 0) is 25.5 Å². The molecule has 4 rings (SSSR count). The number of rotatable bonds is 2. The van der Waals surface area contributed by atoms with E-state index in [1.54, 1.807) is 0 Å². The zero-order valence-corrected chi connectivity index (χ0v) is 20.5. The van der Waals surface area contributed by atoms with Crippen molar-refractivity contribution < 1.29 is 24.2 Å². The van der Waals surface area contributed by atoms with Crippen LogP contribution < -0.4 is 5.32 Å². The third-order valence-corrected chi connectivity index (χ3v) is 7.91. The monoisotopic (exact) mass is 477 g/mol. The molecule has 1 aliphatic carbocycles. The molecular weight excluding hydrogens is 442 g/mol. The number of aliphatic hydroxyl groups excluding tert-OH is 1. The predicted octanol–water partition coefficient (Wildman–Crippen LogP) is 3.70. The van der Waals surface area contributed by atoms with Crippen molar-refractivity contribution in [3.05, 3.63) is 72.4 Å². The van der Waals surface area contributed by atoms with E-state index in [9.17, 15) is 19.5 Å². The zero-order valence-electron chi connectivity index (χ0n) is 20.5. The van der Waals surface area contributed by atoms with Crippen LogP contribution >= 0.6 is 0 Å². The number of hydrogen-bond acceptors (Lipinski definition) is 5. The number of esters is 1. The third kappa shape index (κ3) is 4.90. The molecule has 3 aliphatic rings. The molecule has 1 aromatic carbocycles. The van der Waals surface area contributed by atoms with Gasteiger partial charge in [0, 0.05) is 24.5 Å². The van der Waals surface area contributed by atoms with E-state index < -0.39 is 35.4 Å². The molecule has 2 heterocycles. The number of ketones is 1. The van der Waals surface area contributed by atoms with E-state index >= 15 is 0 Å². The van der Waals surface area contributed by atoms with Crippen molar-refractivity contribution >= 4 is 17.7 Å². The summed E-state index contributed by atoms with van der Waals surface area (Å²) in [6.07, 6.45) is 8.39. The largest absolute Gasteiger partial charge is 0.445 e. The first-order chi connectivity index (χ1) is 16.7. The summed E-state index contributed by atoms with van der Waals surface area (Å²) in [5, 5.41) is 14.4. The lowest BCUT2D eigenvalue weighted by Crippen LogP contribution is -2.61. The molecule has 1 saturated heterocycles. The molecule has 186 valence electrons. The van der Waals surface area contributed by atoms with Gasteiger partial charge in [-0.3, -0.25) is 9.59 Å². The van der Waals surface area contributed by atoms with Gasteiger partial charge in [0.1, 0.15) is 0 Å². The van der Waals surface area contributed by atoms with Crippen molar-refractivity contribution in [1.82, 2.24) is 5.32 Å². The summed E-state index contributed by atoms with van der Waals surface area (Å²) in [5.41, 5.74) is 0.0801. The van der Waals surface area contributed by atoms with Gasteiger partial charge < -0.3 is 15.2 Å². The number of aliphatic hydroxyl groups is 1. The average molecular weight is 478 g/mol. The molecule has 2 fully saturated rings. The highest BCUT2D eigenvalue weighted by Gasteiger charge is 2.67. The van der Waals surface area contributed by atoms with Crippen LogP contribution in [0.5, 0.6) is 0 Å². The van der Waals surface area contributed by atoms with E-state index in [2.05, 4.69) is 18.8 Å². The van der Waals surface area contributed by atoms with Crippen LogP contribution in [0.4, 0.5) is 0 Å². The summed E-state index contributed by atoms with van der Waals surface area (Å²) >= 11 is 0. The van der Waals surface area contributed by atoms with Crippen LogP contribution in [0.15, 0.2) is 66.8 Å². The van der Waals surface area contributed by atoms with E-state index in [4.69, 9.17) is 4.74 Å². The second kappa shape index (κ2) is 10.3. The highest BCUT2D eigenvalue weighted by atomic mass is 16.6. The number of nitrogens with one attached hydrogen (secondary N) is 1. The van der Waals surface area contributed by atoms with E-state index in [0.29, 0.717) is 24.3 Å². The molecule has 1 spiro atoms. The Morgan fingerprint density at radius 3 is 2.63 bits per heavy atom. The Balaban J connectivity index is 1.79. The summed E-state index contributed by atoms with van der Waals surface area (Å²) in [5.74, 6) is -2.46.